The second kappa shape index (κ2) is 6.55. The lowest BCUT2D eigenvalue weighted by atomic mass is 9.91. The molecule has 5 nitrogen and oxygen atoms in total. The van der Waals surface area contributed by atoms with E-state index in [1.807, 2.05) is 63.5 Å². The quantitative estimate of drug-likeness (QED) is 0.915. The van der Waals surface area contributed by atoms with E-state index in [4.69, 9.17) is 0 Å². The van der Waals surface area contributed by atoms with Crippen molar-refractivity contribution in [3.8, 4) is 0 Å². The SMILES string of the molecule is CN=c1n(CC(=O)C(C)(C)C)c2ccccc2n1CC(C)(C)CO. The fourth-order valence-corrected chi connectivity index (χ4v) is 2.69. The van der Waals surface area contributed by atoms with Crippen molar-refractivity contribution in [2.45, 2.75) is 47.7 Å². The van der Waals surface area contributed by atoms with E-state index in [0.717, 1.165) is 16.7 Å². The summed E-state index contributed by atoms with van der Waals surface area (Å²) >= 11 is 0. The van der Waals surface area contributed by atoms with E-state index in [-0.39, 0.29) is 17.8 Å². The number of aromatic nitrogens is 2. The molecule has 0 amide bonds. The first-order valence-electron chi connectivity index (χ1n) is 8.36. The third kappa shape index (κ3) is 3.61. The minimum atomic E-state index is -0.397. The van der Waals surface area contributed by atoms with Crippen molar-refractivity contribution in [3.63, 3.8) is 0 Å². The molecule has 0 spiro atoms. The van der Waals surface area contributed by atoms with Crippen molar-refractivity contribution in [3.05, 3.63) is 29.9 Å². The van der Waals surface area contributed by atoms with E-state index < -0.39 is 5.41 Å². The maximum atomic E-state index is 12.6. The van der Waals surface area contributed by atoms with Gasteiger partial charge < -0.3 is 14.2 Å². The molecule has 1 aromatic carbocycles. The summed E-state index contributed by atoms with van der Waals surface area (Å²) in [7, 11) is 1.74. The molecular weight excluding hydrogens is 302 g/mol. The summed E-state index contributed by atoms with van der Waals surface area (Å²) in [6.07, 6.45) is 0. The number of rotatable bonds is 5. The van der Waals surface area contributed by atoms with Crippen LogP contribution in [0.4, 0.5) is 0 Å². The van der Waals surface area contributed by atoms with Crippen molar-refractivity contribution in [2.24, 2.45) is 15.8 Å². The van der Waals surface area contributed by atoms with Gasteiger partial charge in [-0.05, 0) is 12.1 Å². The van der Waals surface area contributed by atoms with Crippen LogP contribution in [0.3, 0.4) is 0 Å². The number of hydrogen-bond acceptors (Lipinski definition) is 3. The number of nitrogens with zero attached hydrogens (tertiary/aromatic N) is 3. The second-order valence-corrected chi connectivity index (χ2v) is 8.18. The summed E-state index contributed by atoms with van der Waals surface area (Å²) < 4.78 is 4.08. The molecule has 0 radical (unpaired) electrons. The van der Waals surface area contributed by atoms with Gasteiger partial charge in [0.15, 0.2) is 5.78 Å². The monoisotopic (exact) mass is 331 g/mol. The number of hydrogen-bond donors (Lipinski definition) is 1. The Morgan fingerprint density at radius 3 is 2.08 bits per heavy atom. The number of carbonyl (C=O) groups is 1. The van der Waals surface area contributed by atoms with Gasteiger partial charge in [0.05, 0.1) is 17.6 Å². The van der Waals surface area contributed by atoms with Gasteiger partial charge in [0.1, 0.15) is 0 Å². The van der Waals surface area contributed by atoms with Crippen LogP contribution < -0.4 is 5.62 Å². The zero-order valence-corrected chi connectivity index (χ0v) is 15.6. The lowest BCUT2D eigenvalue weighted by Crippen LogP contribution is -2.35. The maximum Gasteiger partial charge on any atom is 0.206 e. The van der Waals surface area contributed by atoms with Crippen LogP contribution >= 0.6 is 0 Å². The molecule has 5 heteroatoms. The van der Waals surface area contributed by atoms with Gasteiger partial charge in [0.2, 0.25) is 5.62 Å². The Balaban J connectivity index is 2.66. The molecule has 2 aromatic rings. The first kappa shape index (κ1) is 18.5. The second-order valence-electron chi connectivity index (χ2n) is 8.18. The Labute approximate surface area is 143 Å². The third-order valence-electron chi connectivity index (χ3n) is 4.30. The van der Waals surface area contributed by atoms with Crippen molar-refractivity contribution in [2.75, 3.05) is 13.7 Å². The summed E-state index contributed by atoms with van der Waals surface area (Å²) in [5.41, 5.74) is 2.11. The molecule has 0 saturated heterocycles. The topological polar surface area (TPSA) is 59.5 Å². The molecule has 0 aliphatic carbocycles. The maximum absolute atomic E-state index is 12.6. The highest BCUT2D eigenvalue weighted by molar-refractivity contribution is 5.85. The normalized spacial score (nSPS) is 13.7. The van der Waals surface area contributed by atoms with Crippen molar-refractivity contribution in [1.82, 2.24) is 9.13 Å². The van der Waals surface area contributed by atoms with Gasteiger partial charge in [-0.3, -0.25) is 9.79 Å². The number of benzene rings is 1. The van der Waals surface area contributed by atoms with Crippen LogP contribution in [0.1, 0.15) is 34.6 Å². The molecule has 2 rings (SSSR count). The lowest BCUT2D eigenvalue weighted by molar-refractivity contribution is -0.126. The summed E-state index contributed by atoms with van der Waals surface area (Å²) in [6.45, 7) is 10.9. The van der Waals surface area contributed by atoms with E-state index in [1.54, 1.807) is 7.05 Å². The number of Topliss-reactive ketones (excluding diaryl/α,β-unsaturated/α-hetero) is 1. The highest BCUT2D eigenvalue weighted by Gasteiger charge is 2.25. The molecule has 0 unspecified atom stereocenters. The van der Waals surface area contributed by atoms with Crippen LogP contribution in [0.5, 0.6) is 0 Å². The Kier molecular flexibility index (Phi) is 5.04. The van der Waals surface area contributed by atoms with E-state index in [1.165, 1.54) is 0 Å². The largest absolute Gasteiger partial charge is 0.396 e. The Morgan fingerprint density at radius 2 is 1.62 bits per heavy atom. The fraction of sp³-hybridized carbons (Fsp3) is 0.579. The van der Waals surface area contributed by atoms with E-state index >= 15 is 0 Å². The third-order valence-corrected chi connectivity index (χ3v) is 4.30. The van der Waals surface area contributed by atoms with Gasteiger partial charge in [-0.15, -0.1) is 0 Å². The van der Waals surface area contributed by atoms with Crippen LogP contribution in [0.2, 0.25) is 0 Å². The summed E-state index contributed by atoms with van der Waals surface area (Å²) in [5, 5.41) is 9.65. The highest BCUT2D eigenvalue weighted by Crippen LogP contribution is 2.22. The summed E-state index contributed by atoms with van der Waals surface area (Å²) in [4.78, 5) is 17.0. The average molecular weight is 331 g/mol. The molecule has 1 aromatic heterocycles. The van der Waals surface area contributed by atoms with Gasteiger partial charge in [-0.1, -0.05) is 46.8 Å². The van der Waals surface area contributed by atoms with Crippen molar-refractivity contribution in [1.29, 1.82) is 0 Å². The van der Waals surface area contributed by atoms with Gasteiger partial charge in [-0.2, -0.15) is 0 Å². The molecule has 0 fully saturated rings. The Morgan fingerprint density at radius 1 is 1.08 bits per heavy atom. The van der Waals surface area contributed by atoms with Gasteiger partial charge in [-0.25, -0.2) is 0 Å². The number of aliphatic hydroxyl groups excluding tert-OH is 1. The van der Waals surface area contributed by atoms with Crippen LogP contribution in [-0.4, -0.2) is 33.7 Å². The van der Waals surface area contributed by atoms with E-state index in [0.29, 0.717) is 13.1 Å². The first-order chi connectivity index (χ1) is 11.1. The van der Waals surface area contributed by atoms with Gasteiger partial charge in [0.25, 0.3) is 0 Å². The molecule has 0 aliphatic rings. The predicted octanol–water partition coefficient (Wildman–Crippen LogP) is 2.61. The molecule has 1 heterocycles. The number of ketones is 1. The number of carbonyl (C=O) groups excluding carboxylic acids is 1. The fourth-order valence-electron chi connectivity index (χ4n) is 2.69. The van der Waals surface area contributed by atoms with Crippen LogP contribution in [0.15, 0.2) is 29.3 Å². The lowest BCUT2D eigenvalue weighted by Gasteiger charge is -2.22. The smallest absolute Gasteiger partial charge is 0.206 e. The van der Waals surface area contributed by atoms with Crippen molar-refractivity contribution < 1.29 is 9.90 Å². The minimum Gasteiger partial charge on any atom is -0.396 e. The number of aliphatic hydroxyl groups is 1. The zero-order valence-electron chi connectivity index (χ0n) is 15.6. The molecule has 24 heavy (non-hydrogen) atoms. The van der Waals surface area contributed by atoms with Gasteiger partial charge >= 0.3 is 0 Å². The summed E-state index contributed by atoms with van der Waals surface area (Å²) in [5.74, 6) is 0.168. The number of fused-ring (bicyclic) bond motifs is 1. The molecule has 0 aliphatic heterocycles. The molecule has 0 bridgehead atoms. The van der Waals surface area contributed by atoms with E-state index in [9.17, 15) is 9.90 Å². The Hall–Kier alpha value is -1.88. The molecule has 0 atom stereocenters. The van der Waals surface area contributed by atoms with Crippen molar-refractivity contribution >= 4 is 16.8 Å². The number of para-hydroxylation sites is 2. The van der Waals surface area contributed by atoms with Crippen LogP contribution in [0, 0.1) is 10.8 Å². The minimum absolute atomic E-state index is 0.0869. The number of imidazole rings is 1. The first-order valence-corrected chi connectivity index (χ1v) is 8.36. The van der Waals surface area contributed by atoms with Crippen LogP contribution in [0.25, 0.3) is 11.0 Å². The predicted molar refractivity (Wildman–Crippen MR) is 96.7 cm³/mol. The molecule has 0 saturated carbocycles. The Bertz CT molecular complexity index is 804. The molecule has 1 N–H and O–H groups in total. The standard InChI is InChI=1S/C19H29N3O2/c1-18(2,3)16(24)11-21-14-9-7-8-10-15(14)22(17(21)20-6)12-19(4,5)13-23/h7-10,23H,11-13H2,1-6H3. The van der Waals surface area contributed by atoms with Crippen LogP contribution in [-0.2, 0) is 17.9 Å². The van der Waals surface area contributed by atoms with Gasteiger partial charge in [0, 0.05) is 31.0 Å². The molecular formula is C19H29N3O2. The summed E-state index contributed by atoms with van der Waals surface area (Å²) in [6, 6.07) is 8.01. The van der Waals surface area contributed by atoms with E-state index in [2.05, 4.69) is 9.56 Å². The zero-order chi connectivity index (χ0) is 18.1. The highest BCUT2D eigenvalue weighted by atomic mass is 16.3. The molecule has 132 valence electrons. The average Bonchev–Trinajstić information content (AvgIpc) is 2.79.